The van der Waals surface area contributed by atoms with Gasteiger partial charge in [0.25, 0.3) is 0 Å². The average Bonchev–Trinajstić information content (AvgIpc) is 2.65. The van der Waals surface area contributed by atoms with Crippen molar-refractivity contribution < 1.29 is 20.1 Å². The fourth-order valence-corrected chi connectivity index (χ4v) is 2.45. The predicted octanol–water partition coefficient (Wildman–Crippen LogP) is 0.621. The van der Waals surface area contributed by atoms with E-state index in [0.29, 0.717) is 0 Å². The van der Waals surface area contributed by atoms with Gasteiger partial charge < -0.3 is 20.1 Å². The molecule has 4 atom stereocenters. The van der Waals surface area contributed by atoms with Gasteiger partial charge in [-0.3, -0.25) is 0 Å². The van der Waals surface area contributed by atoms with Crippen molar-refractivity contribution in [3.05, 3.63) is 35.9 Å². The zero-order chi connectivity index (χ0) is 12.5. The van der Waals surface area contributed by atoms with Crippen LogP contribution >= 0.6 is 0 Å². The van der Waals surface area contributed by atoms with Crippen LogP contribution in [0.2, 0.25) is 0 Å². The third-order valence-electron chi connectivity index (χ3n) is 3.60. The van der Waals surface area contributed by atoms with E-state index in [1.165, 1.54) is 0 Å². The Morgan fingerprint density at radius 3 is 2.65 bits per heavy atom. The van der Waals surface area contributed by atoms with Crippen molar-refractivity contribution in [1.29, 1.82) is 0 Å². The molecule has 1 saturated heterocycles. The third-order valence-corrected chi connectivity index (χ3v) is 3.60. The number of aliphatic hydroxyl groups is 3. The predicted molar refractivity (Wildman–Crippen MR) is 62.4 cm³/mol. The Bertz CT molecular complexity index is 367. The summed E-state index contributed by atoms with van der Waals surface area (Å²) in [7, 11) is 0. The van der Waals surface area contributed by atoms with Gasteiger partial charge in [-0.25, -0.2) is 0 Å². The van der Waals surface area contributed by atoms with E-state index < -0.39 is 18.0 Å². The Balaban J connectivity index is 2.26. The monoisotopic (exact) mass is 238 g/mol. The van der Waals surface area contributed by atoms with Gasteiger partial charge in [0.1, 0.15) is 11.7 Å². The molecule has 0 saturated carbocycles. The topological polar surface area (TPSA) is 69.9 Å². The number of ether oxygens (including phenoxy) is 1. The molecule has 1 aromatic rings. The summed E-state index contributed by atoms with van der Waals surface area (Å²) in [5.41, 5.74) is -0.263. The van der Waals surface area contributed by atoms with Crippen LogP contribution in [-0.4, -0.2) is 39.9 Å². The molecule has 0 aliphatic carbocycles. The lowest BCUT2D eigenvalue weighted by Crippen LogP contribution is -2.45. The standard InChI is InChI=1S/C13H18O4/c1-9(10-5-3-2-4-6-10)13(16)7-12(15)17-11(13)8-14/h2-6,9,11-12,14-16H,7-8H2,1H3/t9?,11-,12?,13+/m1/s1. The van der Waals surface area contributed by atoms with Crippen LogP contribution in [0, 0.1) is 0 Å². The molecule has 2 unspecified atom stereocenters. The fraction of sp³-hybridized carbons (Fsp3) is 0.538. The number of rotatable bonds is 3. The van der Waals surface area contributed by atoms with Crippen molar-refractivity contribution in [3.8, 4) is 0 Å². The molecule has 0 bridgehead atoms. The van der Waals surface area contributed by atoms with Gasteiger partial charge in [0, 0.05) is 12.3 Å². The molecule has 4 heteroatoms. The summed E-state index contributed by atoms with van der Waals surface area (Å²) in [5, 5.41) is 29.3. The maximum Gasteiger partial charge on any atom is 0.158 e. The number of benzene rings is 1. The zero-order valence-electron chi connectivity index (χ0n) is 9.78. The quantitative estimate of drug-likeness (QED) is 0.722. The van der Waals surface area contributed by atoms with Gasteiger partial charge in [-0.2, -0.15) is 0 Å². The summed E-state index contributed by atoms with van der Waals surface area (Å²) in [4.78, 5) is 0. The van der Waals surface area contributed by atoms with E-state index >= 15 is 0 Å². The first-order valence-corrected chi connectivity index (χ1v) is 5.79. The Morgan fingerprint density at radius 2 is 2.06 bits per heavy atom. The molecule has 0 spiro atoms. The zero-order valence-corrected chi connectivity index (χ0v) is 9.78. The van der Waals surface area contributed by atoms with Crippen LogP contribution in [0.4, 0.5) is 0 Å². The van der Waals surface area contributed by atoms with Crippen LogP contribution < -0.4 is 0 Å². The van der Waals surface area contributed by atoms with Gasteiger partial charge in [0.15, 0.2) is 6.29 Å². The SMILES string of the molecule is CC(c1ccccc1)[C@@]1(O)CC(O)O[C@@H]1CO. The van der Waals surface area contributed by atoms with E-state index in [1.54, 1.807) is 0 Å². The van der Waals surface area contributed by atoms with Crippen LogP contribution in [0.1, 0.15) is 24.8 Å². The molecule has 94 valence electrons. The first-order valence-electron chi connectivity index (χ1n) is 5.79. The molecule has 1 fully saturated rings. The maximum atomic E-state index is 10.6. The second-order valence-electron chi connectivity index (χ2n) is 4.59. The minimum atomic E-state index is -1.23. The minimum Gasteiger partial charge on any atom is -0.394 e. The van der Waals surface area contributed by atoms with Gasteiger partial charge in [-0.1, -0.05) is 37.3 Å². The molecule has 1 aromatic carbocycles. The molecule has 1 aliphatic rings. The van der Waals surface area contributed by atoms with Crippen molar-refractivity contribution in [1.82, 2.24) is 0 Å². The summed E-state index contributed by atoms with van der Waals surface area (Å²) >= 11 is 0. The van der Waals surface area contributed by atoms with Gasteiger partial charge in [0.05, 0.1) is 6.61 Å². The second kappa shape index (κ2) is 4.74. The lowest BCUT2D eigenvalue weighted by atomic mass is 9.79. The largest absolute Gasteiger partial charge is 0.394 e. The van der Waals surface area contributed by atoms with Crippen LogP contribution in [0.5, 0.6) is 0 Å². The van der Waals surface area contributed by atoms with Gasteiger partial charge in [-0.15, -0.1) is 0 Å². The van der Waals surface area contributed by atoms with Gasteiger partial charge in [-0.05, 0) is 5.56 Å². The first kappa shape index (κ1) is 12.5. The minimum absolute atomic E-state index is 0.119. The molecule has 1 aliphatic heterocycles. The molecule has 1 heterocycles. The highest BCUT2D eigenvalue weighted by molar-refractivity contribution is 5.23. The molecule has 0 amide bonds. The molecule has 0 radical (unpaired) electrons. The van der Waals surface area contributed by atoms with Crippen molar-refractivity contribution in [2.24, 2.45) is 0 Å². The van der Waals surface area contributed by atoms with Crippen molar-refractivity contribution in [3.63, 3.8) is 0 Å². The van der Waals surface area contributed by atoms with E-state index in [9.17, 15) is 15.3 Å². The highest BCUT2D eigenvalue weighted by atomic mass is 16.6. The summed E-state index contributed by atoms with van der Waals surface area (Å²) in [6.07, 6.45) is -1.63. The van der Waals surface area contributed by atoms with Crippen LogP contribution in [0.15, 0.2) is 30.3 Å². The van der Waals surface area contributed by atoms with Crippen LogP contribution in [0.3, 0.4) is 0 Å². The number of aliphatic hydroxyl groups excluding tert-OH is 2. The smallest absolute Gasteiger partial charge is 0.158 e. The summed E-state index contributed by atoms with van der Waals surface area (Å²) in [6.45, 7) is 1.57. The normalized spacial score (nSPS) is 34.8. The molecule has 3 N–H and O–H groups in total. The van der Waals surface area contributed by atoms with Crippen molar-refractivity contribution in [2.45, 2.75) is 37.3 Å². The Kier molecular flexibility index (Phi) is 3.49. The average molecular weight is 238 g/mol. The van der Waals surface area contributed by atoms with Crippen LogP contribution in [-0.2, 0) is 4.74 Å². The van der Waals surface area contributed by atoms with Crippen molar-refractivity contribution in [2.75, 3.05) is 6.61 Å². The molecule has 17 heavy (non-hydrogen) atoms. The summed E-state index contributed by atoms with van der Waals surface area (Å²) in [6, 6.07) is 9.54. The molecular formula is C13H18O4. The van der Waals surface area contributed by atoms with Gasteiger partial charge in [0.2, 0.25) is 0 Å². The first-order chi connectivity index (χ1) is 8.08. The number of hydrogen-bond acceptors (Lipinski definition) is 4. The van der Waals surface area contributed by atoms with E-state index in [0.717, 1.165) is 5.56 Å². The summed E-state index contributed by atoms with van der Waals surface area (Å²) < 4.78 is 5.12. The number of hydrogen-bond donors (Lipinski definition) is 3. The molecule has 2 rings (SSSR count). The van der Waals surface area contributed by atoms with E-state index in [4.69, 9.17) is 4.74 Å². The highest BCUT2D eigenvalue weighted by Crippen LogP contribution is 2.40. The van der Waals surface area contributed by atoms with E-state index in [2.05, 4.69) is 0 Å². The Hall–Kier alpha value is -0.940. The van der Waals surface area contributed by atoms with E-state index in [1.807, 2.05) is 37.3 Å². The Morgan fingerprint density at radius 1 is 1.41 bits per heavy atom. The third kappa shape index (κ3) is 2.21. The molecular weight excluding hydrogens is 220 g/mol. The molecule has 0 aromatic heterocycles. The second-order valence-corrected chi connectivity index (χ2v) is 4.59. The van der Waals surface area contributed by atoms with Gasteiger partial charge >= 0.3 is 0 Å². The fourth-order valence-electron chi connectivity index (χ4n) is 2.45. The van der Waals surface area contributed by atoms with Crippen molar-refractivity contribution >= 4 is 0 Å². The summed E-state index contributed by atoms with van der Waals surface area (Å²) in [5.74, 6) is -0.210. The van der Waals surface area contributed by atoms with Crippen LogP contribution in [0.25, 0.3) is 0 Å². The lowest BCUT2D eigenvalue weighted by molar-refractivity contribution is -0.123. The highest BCUT2D eigenvalue weighted by Gasteiger charge is 2.50. The molecule has 4 nitrogen and oxygen atoms in total. The lowest BCUT2D eigenvalue weighted by Gasteiger charge is -2.33. The maximum absolute atomic E-state index is 10.6. The van der Waals surface area contributed by atoms with E-state index in [-0.39, 0.29) is 18.9 Å². The Labute approximate surface area is 100 Å².